The van der Waals surface area contributed by atoms with E-state index in [1.807, 2.05) is 0 Å². The van der Waals surface area contributed by atoms with Gasteiger partial charge in [0.2, 0.25) is 0 Å². The van der Waals surface area contributed by atoms with E-state index in [9.17, 15) is 0 Å². The Hall–Kier alpha value is -1.76. The van der Waals surface area contributed by atoms with Crippen LogP contribution in [0.25, 0.3) is 12.2 Å². The van der Waals surface area contributed by atoms with Gasteiger partial charge in [-0.2, -0.15) is 0 Å². The molecule has 31 heavy (non-hydrogen) atoms. The molecule has 0 aromatic heterocycles. The molecule has 0 heterocycles. The van der Waals surface area contributed by atoms with E-state index in [0.29, 0.717) is 7.25 Å². The topological polar surface area (TPSA) is 0 Å². The van der Waals surface area contributed by atoms with Crippen molar-refractivity contribution in [2.24, 2.45) is 0 Å². The molecule has 0 fully saturated rings. The Kier molecular flexibility index (Phi) is 3.80. The van der Waals surface area contributed by atoms with E-state index in [0.717, 1.165) is 0 Å². The molecule has 158 valence electrons. The van der Waals surface area contributed by atoms with E-state index in [1.54, 1.807) is 3.27 Å². The van der Waals surface area contributed by atoms with Gasteiger partial charge in [0.15, 0.2) is 0 Å². The Morgan fingerprint density at radius 3 is 1.42 bits per heavy atom. The standard InChI is InChI=1S/2C10H9.C6H5.3CH3.H2Si.Zr/c2*1-8-6-9-4-2-3-5-10(9)7-8;1-2-4-6-5-3-1;;;;;/h2*2-7H,1H3;1-5H;3*1H3;1H2;. The van der Waals surface area contributed by atoms with Gasteiger partial charge in [0.25, 0.3) is 0 Å². The average Bonchev–Trinajstić information content (AvgIpc) is 3.25. The van der Waals surface area contributed by atoms with E-state index in [2.05, 4.69) is 126 Å². The Morgan fingerprint density at radius 2 is 0.968 bits per heavy atom. The van der Waals surface area contributed by atoms with Crippen molar-refractivity contribution in [1.29, 1.82) is 0 Å². The molecule has 0 aliphatic heterocycles. The van der Waals surface area contributed by atoms with Crippen molar-refractivity contribution in [1.82, 2.24) is 0 Å². The Labute approximate surface area is 183 Å². The van der Waals surface area contributed by atoms with Crippen molar-refractivity contribution in [3.63, 3.8) is 0 Å². The monoisotopic (exact) mass is 500 g/mol. The molecule has 2 atom stereocenters. The molecule has 2 aliphatic rings. The molecular formula is C29H34SiZr. The van der Waals surface area contributed by atoms with Gasteiger partial charge in [-0.25, -0.2) is 0 Å². The van der Waals surface area contributed by atoms with Crippen molar-refractivity contribution in [2.45, 2.75) is 35.0 Å². The van der Waals surface area contributed by atoms with E-state index < -0.39 is 14.4 Å². The molecule has 5 rings (SSSR count). The van der Waals surface area contributed by atoms with Crippen molar-refractivity contribution >= 4 is 22.3 Å². The zero-order valence-corrected chi connectivity index (χ0v) is 23.4. The van der Waals surface area contributed by atoms with Crippen molar-refractivity contribution in [3.05, 3.63) is 112 Å². The number of hydrogen-bond acceptors (Lipinski definition) is 0. The molecule has 0 saturated carbocycles. The quantitative estimate of drug-likeness (QED) is 0.336. The zero-order chi connectivity index (χ0) is 22.2. The maximum atomic E-state index is 2.75. The van der Waals surface area contributed by atoms with Crippen LogP contribution < -0.4 is 3.27 Å². The Balaban J connectivity index is 2.01. The molecule has 2 heteroatoms. The van der Waals surface area contributed by atoms with Crippen LogP contribution in [0.15, 0.2) is 90.0 Å². The summed E-state index contributed by atoms with van der Waals surface area (Å²) in [6.45, 7) is 7.18. The van der Waals surface area contributed by atoms with Crippen LogP contribution in [0.3, 0.4) is 0 Å². The van der Waals surface area contributed by atoms with E-state index in [4.69, 9.17) is 0 Å². The van der Waals surface area contributed by atoms with Crippen LogP contribution in [0.2, 0.25) is 13.9 Å². The number of fused-ring (bicyclic) bond motifs is 2. The minimum atomic E-state index is -4.95. The van der Waals surface area contributed by atoms with Gasteiger partial charge in [0, 0.05) is 0 Å². The fourth-order valence-corrected chi connectivity index (χ4v) is 42.8. The first kappa shape index (κ1) is 21.1. The van der Waals surface area contributed by atoms with Gasteiger partial charge in [-0.15, -0.1) is 0 Å². The van der Waals surface area contributed by atoms with Crippen LogP contribution in [0, 0.1) is 0 Å². The third kappa shape index (κ3) is 2.50. The number of allylic oxidation sites excluding steroid dienone is 2. The molecule has 0 radical (unpaired) electrons. The fourth-order valence-electron chi connectivity index (χ4n) is 8.37. The van der Waals surface area contributed by atoms with Crippen molar-refractivity contribution in [2.75, 3.05) is 0 Å². The first-order valence-corrected chi connectivity index (χ1v) is 28.9. The summed E-state index contributed by atoms with van der Waals surface area (Å²) in [5, 5.41) is 0. The van der Waals surface area contributed by atoms with Crippen LogP contribution >= 0.6 is 0 Å². The summed E-state index contributed by atoms with van der Waals surface area (Å²) in [4.78, 5) is 0. The molecule has 0 spiro atoms. The van der Waals surface area contributed by atoms with Gasteiger partial charge in [0.05, 0.1) is 0 Å². The van der Waals surface area contributed by atoms with E-state index >= 15 is 0 Å². The second-order valence-corrected chi connectivity index (χ2v) is 67.0. The molecule has 2 aliphatic carbocycles. The maximum absolute atomic E-state index is 4.95. The molecule has 0 saturated heterocycles. The molecule has 0 nitrogen and oxygen atoms in total. The summed E-state index contributed by atoms with van der Waals surface area (Å²) >= 11 is -4.95. The Bertz CT molecular complexity index is 1350. The predicted molar refractivity (Wildman–Crippen MR) is 138 cm³/mol. The fraction of sp³-hybridized carbons (Fsp3) is 0.241. The SMILES string of the molecule is CC1=Cc2ccccc2[CH]1[Zr]([CH3])([CH3])([CH3])(=[SiH2])([c]1ccccc1)[CH]1C(C)=Cc2ccccc21. The molecule has 0 bridgehead atoms. The summed E-state index contributed by atoms with van der Waals surface area (Å²) in [5.74, 6) is 0. The van der Waals surface area contributed by atoms with Crippen LogP contribution in [0.5, 0.6) is 0 Å². The third-order valence-corrected chi connectivity index (χ3v) is 41.5. The second kappa shape index (κ2) is 5.59. The first-order chi connectivity index (χ1) is 14.4. The molecule has 0 amide bonds. The number of hydrogen-bond donors (Lipinski definition) is 0. The predicted octanol–water partition coefficient (Wildman–Crippen LogP) is 7.08. The summed E-state index contributed by atoms with van der Waals surface area (Å²) in [7, 11) is 0. The van der Waals surface area contributed by atoms with Crippen LogP contribution in [-0.2, 0) is 14.4 Å². The summed E-state index contributed by atoms with van der Waals surface area (Å²) < 4.78 is 10.6. The minimum absolute atomic E-state index is 0.410. The van der Waals surface area contributed by atoms with Gasteiger partial charge in [-0.3, -0.25) is 0 Å². The molecular weight excluding hydrogens is 468 g/mol. The molecule has 3 aromatic rings. The van der Waals surface area contributed by atoms with Gasteiger partial charge in [-0.05, 0) is 0 Å². The van der Waals surface area contributed by atoms with Gasteiger partial charge >= 0.3 is 184 Å². The zero-order valence-electron chi connectivity index (χ0n) is 19.5. The molecule has 3 aromatic carbocycles. The van der Waals surface area contributed by atoms with Crippen LogP contribution in [0.1, 0.15) is 43.4 Å². The molecule has 2 unspecified atom stereocenters. The number of rotatable bonds is 3. The summed E-state index contributed by atoms with van der Waals surface area (Å²) in [6.07, 6.45) is 4.92. The van der Waals surface area contributed by atoms with E-state index in [-0.39, 0.29) is 0 Å². The summed E-state index contributed by atoms with van der Waals surface area (Å²) in [5.41, 5.74) is 8.88. The second-order valence-electron chi connectivity index (χ2n) is 13.3. The van der Waals surface area contributed by atoms with Crippen LogP contribution in [0.4, 0.5) is 0 Å². The normalized spacial score (nSPS) is 23.5. The van der Waals surface area contributed by atoms with Crippen molar-refractivity contribution < 1.29 is 14.4 Å². The van der Waals surface area contributed by atoms with Gasteiger partial charge in [-0.1, -0.05) is 0 Å². The average molecular weight is 502 g/mol. The third-order valence-electron chi connectivity index (χ3n) is 9.23. The van der Waals surface area contributed by atoms with Crippen LogP contribution in [-0.4, -0.2) is 6.88 Å². The van der Waals surface area contributed by atoms with Gasteiger partial charge in [0.1, 0.15) is 0 Å². The molecule has 0 N–H and O–H groups in total. The Morgan fingerprint density at radius 1 is 0.581 bits per heavy atom. The van der Waals surface area contributed by atoms with E-state index in [1.165, 1.54) is 33.4 Å². The first-order valence-electron chi connectivity index (χ1n) is 11.6. The number of benzene rings is 3. The van der Waals surface area contributed by atoms with Crippen molar-refractivity contribution in [3.8, 4) is 0 Å². The summed E-state index contributed by atoms with van der Waals surface area (Å²) in [6, 6.07) is 29.8. The van der Waals surface area contributed by atoms with Gasteiger partial charge < -0.3 is 0 Å².